The molecule has 0 saturated heterocycles. The summed E-state index contributed by atoms with van der Waals surface area (Å²) in [4.78, 5) is 0. The average Bonchev–Trinajstić information content (AvgIpc) is 0.876. The molecule has 624 valence electrons. The number of fused-ring (bicyclic) bond motifs is 12. The second-order valence-electron chi connectivity index (χ2n) is 31.4. The van der Waals surface area contributed by atoms with E-state index >= 15 is 0 Å². The maximum atomic E-state index is 6.29. The lowest BCUT2D eigenvalue weighted by Gasteiger charge is -2.05. The first-order valence-corrected chi connectivity index (χ1v) is 45.7. The molecule has 0 saturated carbocycles. The van der Waals surface area contributed by atoms with E-state index in [9.17, 15) is 0 Å². The fourth-order valence-electron chi connectivity index (χ4n) is 13.8. The van der Waals surface area contributed by atoms with Gasteiger partial charge >= 0.3 is 0 Å². The number of hydrogen-bond acceptors (Lipinski definition) is 6. The highest BCUT2D eigenvalue weighted by Gasteiger charge is 2.05. The van der Waals surface area contributed by atoms with Gasteiger partial charge in [-0.15, -0.1) is 0 Å². The number of rotatable bonds is 54. The molecule has 7 aromatic carbocycles. The van der Waals surface area contributed by atoms with Crippen molar-refractivity contribution in [2.75, 3.05) is 39.6 Å². The Bertz CT molecular complexity index is 3560. The van der Waals surface area contributed by atoms with E-state index in [-0.39, 0.29) is 0 Å². The summed E-state index contributed by atoms with van der Waals surface area (Å²) in [5, 5.41) is 9.37. The van der Waals surface area contributed by atoms with Gasteiger partial charge in [-0.1, -0.05) is 307 Å². The molecule has 0 heterocycles. The van der Waals surface area contributed by atoms with Gasteiger partial charge in [0.05, 0.1) is 39.6 Å². The summed E-state index contributed by atoms with van der Waals surface area (Å²) in [6, 6.07) is 115. The molecule has 0 amide bonds. The molecule has 0 unspecified atom stereocenters. The van der Waals surface area contributed by atoms with Gasteiger partial charge in [0.2, 0.25) is 0 Å². The first kappa shape index (κ1) is 96.9. The third-order valence-corrected chi connectivity index (χ3v) is 20.3. The molecule has 6 heteroatoms. The Morgan fingerprint density at radius 1 is 0.142 bits per heavy atom. The minimum atomic E-state index is 0.436. The van der Waals surface area contributed by atoms with Crippen LogP contribution in [-0.2, 0) is 68.1 Å². The minimum Gasteiger partial charge on any atom is -0.377 e. The lowest BCUT2D eigenvalue weighted by molar-refractivity contribution is 0.117. The predicted octanol–water partition coefficient (Wildman–Crippen LogP) is 29.5. The van der Waals surface area contributed by atoms with Crippen LogP contribution in [-0.4, -0.2) is 39.6 Å². The van der Waals surface area contributed by atoms with Crippen LogP contribution in [0.2, 0.25) is 0 Å². The molecular formula is C114H132O6. The van der Waals surface area contributed by atoms with E-state index in [1.165, 1.54) is 154 Å². The van der Waals surface area contributed by atoms with Gasteiger partial charge in [-0.25, -0.2) is 0 Å². The van der Waals surface area contributed by atoms with Crippen molar-refractivity contribution in [2.45, 2.75) is 312 Å². The summed E-state index contributed by atoms with van der Waals surface area (Å²) in [5.41, 5.74) is 5.88. The van der Waals surface area contributed by atoms with Gasteiger partial charge in [0.1, 0.15) is 0 Å². The van der Waals surface area contributed by atoms with Crippen LogP contribution in [0, 0.1) is 146 Å². The Kier molecular flexibility index (Phi) is 52.3. The highest BCUT2D eigenvalue weighted by Crippen LogP contribution is 2.20. The van der Waals surface area contributed by atoms with Crippen molar-refractivity contribution in [3.63, 3.8) is 0 Å². The third kappa shape index (κ3) is 45.8. The zero-order valence-electron chi connectivity index (χ0n) is 73.8. The van der Waals surface area contributed by atoms with Crippen LogP contribution in [0.1, 0.15) is 306 Å². The number of hydrogen-bond donors (Lipinski definition) is 0. The van der Waals surface area contributed by atoms with Crippen LogP contribution < -0.4 is 0 Å². The number of unbranched alkanes of at least 4 members (excludes halogenated alkanes) is 30. The molecule has 0 aromatic heterocycles. The molecule has 0 aliphatic rings. The fourth-order valence-corrected chi connectivity index (χ4v) is 13.8. The molecule has 7 aromatic rings. The highest BCUT2D eigenvalue weighted by molar-refractivity contribution is 5.70. The molecular weight excluding hydrogens is 1470 g/mol. The van der Waals surface area contributed by atoms with E-state index in [0.717, 1.165) is 175 Å². The van der Waals surface area contributed by atoms with Gasteiger partial charge in [-0.05, 0) is 254 Å². The van der Waals surface area contributed by atoms with E-state index in [4.69, 9.17) is 28.4 Å². The highest BCUT2D eigenvalue weighted by atomic mass is 16.5. The summed E-state index contributed by atoms with van der Waals surface area (Å²) in [5.74, 6) is 0. The molecule has 0 N–H and O–H groups in total. The minimum absolute atomic E-state index is 0.436. The number of benzene rings is 6. The predicted molar refractivity (Wildman–Crippen MR) is 494 cm³/mol. The SMILES string of the molecule is CCCCCCCCOCc1cc2c#cc#cc3cc(COCCCCCCCC)cc(c#cc#cc4cc(COCCCCCCCC)cc(c#cc#cc5cc(COCCCCCCCC)cc(c#cc#cc6cc(COCCCCCCCC)cc(c#cc#cc7cc(COCCCCCCCC)cc(c#cc#cc(c1)c2)c7)c6)c5)c4)c3. The normalized spacial score (nSPS) is 10.2. The molecule has 0 atom stereocenters. The van der Waals surface area contributed by atoms with Gasteiger partial charge in [0, 0.05) is 104 Å². The molecule has 12 bridgehead atoms. The summed E-state index contributed by atoms with van der Waals surface area (Å²) in [6.07, 6.45) is 42.9. The summed E-state index contributed by atoms with van der Waals surface area (Å²) in [7, 11) is 0. The van der Waals surface area contributed by atoms with Crippen molar-refractivity contribution in [1.29, 1.82) is 0 Å². The standard InChI is InChI=1S/C114H132O6/c1-7-13-19-25-31-49-67-115-91-109-79-97-55-37-39-57-99-74-101(83-110(81-99)92-116-68-50-32-26-20-14-8-2)59-41-43-61-103-76-105(87-112(85-103)94-118-70-52-34-28-22-16-10-4)63-45-47-65-107-78-108(90-114(89-107)96-120-72-54-36-30-24-18-12-6)66-48-46-64-106-77-104(86-113(88-106)95-119-71-53-35-29-23-17-11-5)62-44-42-60-102-75-100(58-40-38-56-98(73-97)80-109)82-111(84-102)93-117-69-51-33-27-21-15-9-3/h73-90H,7-36,49-54,67-72,91-96H2,1-6H3. The fraction of sp³-hybridized carbons (Fsp3) is 0.474. The maximum Gasteiger partial charge on any atom is 0.0717 e. The van der Waals surface area contributed by atoms with Gasteiger partial charge in [0.15, 0.2) is 0 Å². The molecule has 6 nitrogen and oxygen atoms in total. The van der Waals surface area contributed by atoms with E-state index in [1.807, 2.05) is 36.4 Å². The van der Waals surface area contributed by atoms with Gasteiger partial charge in [0.25, 0.3) is 0 Å². The van der Waals surface area contributed by atoms with E-state index in [2.05, 4.69) is 260 Å². The van der Waals surface area contributed by atoms with E-state index in [1.54, 1.807) is 0 Å². The summed E-state index contributed by atoms with van der Waals surface area (Å²) >= 11 is 0. The van der Waals surface area contributed by atoms with Crippen molar-refractivity contribution in [3.05, 3.63) is 288 Å². The second-order valence-corrected chi connectivity index (χ2v) is 31.4. The summed E-state index contributed by atoms with van der Waals surface area (Å²) in [6.45, 7) is 20.2. The van der Waals surface area contributed by atoms with Crippen LogP contribution in [0.3, 0.4) is 0 Å². The largest absolute Gasteiger partial charge is 0.377 e. The van der Waals surface area contributed by atoms with Crippen molar-refractivity contribution in [2.24, 2.45) is 0 Å². The first-order chi connectivity index (χ1) is 59.3. The van der Waals surface area contributed by atoms with Crippen molar-refractivity contribution in [1.82, 2.24) is 0 Å². The second kappa shape index (κ2) is 64.7. The van der Waals surface area contributed by atoms with E-state index < -0.39 is 0 Å². The smallest absolute Gasteiger partial charge is 0.0717 e. The molecule has 0 fully saturated rings. The van der Waals surface area contributed by atoms with Gasteiger partial charge in [-0.2, -0.15) is 0 Å². The Balaban J connectivity index is 1.38. The zero-order chi connectivity index (χ0) is 84.3. The molecule has 120 heavy (non-hydrogen) atoms. The summed E-state index contributed by atoms with van der Waals surface area (Å²) < 4.78 is 37.7. The molecule has 0 radical (unpaired) electrons. The van der Waals surface area contributed by atoms with E-state index in [0.29, 0.717) is 79.3 Å². The van der Waals surface area contributed by atoms with Crippen LogP contribution >= 0.6 is 0 Å². The average molecular weight is 1600 g/mol. The van der Waals surface area contributed by atoms with Gasteiger partial charge < -0.3 is 28.4 Å². The Hall–Kier alpha value is -10.2. The van der Waals surface area contributed by atoms with Crippen LogP contribution in [0.4, 0.5) is 0 Å². The van der Waals surface area contributed by atoms with Gasteiger partial charge in [-0.3, -0.25) is 0 Å². The first-order valence-electron chi connectivity index (χ1n) is 45.7. The molecule has 0 spiro atoms. The molecule has 7 rings (SSSR count). The Morgan fingerprint density at radius 2 is 0.250 bits per heavy atom. The third-order valence-electron chi connectivity index (χ3n) is 20.3. The number of ether oxygens (including phenoxy) is 6. The van der Waals surface area contributed by atoms with Crippen LogP contribution in [0.15, 0.2) is 109 Å². The molecule has 0 aliphatic carbocycles. The Morgan fingerprint density at radius 3 is 0.367 bits per heavy atom. The quantitative estimate of drug-likeness (QED) is 0.0354. The topological polar surface area (TPSA) is 55.4 Å². The van der Waals surface area contributed by atoms with Crippen molar-refractivity contribution in [3.8, 4) is 0 Å². The van der Waals surface area contributed by atoms with Crippen LogP contribution in [0.5, 0.6) is 0 Å². The lowest BCUT2D eigenvalue weighted by Crippen LogP contribution is -1.95. The van der Waals surface area contributed by atoms with Crippen molar-refractivity contribution >= 4 is 64.6 Å². The zero-order valence-corrected chi connectivity index (χ0v) is 73.8. The van der Waals surface area contributed by atoms with Crippen molar-refractivity contribution < 1.29 is 28.4 Å². The maximum absolute atomic E-state index is 6.29. The molecule has 0 aliphatic heterocycles. The lowest BCUT2D eigenvalue weighted by atomic mass is 10.1. The van der Waals surface area contributed by atoms with Crippen LogP contribution in [0.25, 0.3) is 64.6 Å². The monoisotopic (exact) mass is 1600 g/mol. The Labute approximate surface area is 728 Å².